The Morgan fingerprint density at radius 1 is 1.73 bits per heavy atom. The van der Waals surface area contributed by atoms with Crippen LogP contribution in [0.4, 0.5) is 0 Å². The topological polar surface area (TPSA) is 53.1 Å². The molecule has 2 rings (SSSR count). The van der Waals surface area contributed by atoms with E-state index < -0.39 is 0 Å². The monoisotopic (exact) mass is 153 g/mol. The Hall–Kier alpha value is -0.870. The highest BCUT2D eigenvalue weighted by Gasteiger charge is 2.12. The van der Waals surface area contributed by atoms with Gasteiger partial charge < -0.3 is 15.0 Å². The van der Waals surface area contributed by atoms with E-state index in [2.05, 4.69) is 9.55 Å². The average molecular weight is 153 g/mol. The zero-order chi connectivity index (χ0) is 7.68. The molecule has 1 aliphatic rings. The maximum absolute atomic E-state index is 5.49. The maximum atomic E-state index is 5.49. The SMILES string of the molecule is NCc1ncc2n1CCOC2. The van der Waals surface area contributed by atoms with Crippen LogP contribution in [0, 0.1) is 0 Å². The summed E-state index contributed by atoms with van der Waals surface area (Å²) in [5, 5.41) is 0. The predicted molar refractivity (Wildman–Crippen MR) is 39.8 cm³/mol. The highest BCUT2D eigenvalue weighted by Crippen LogP contribution is 2.10. The molecule has 1 aromatic rings. The number of aromatic nitrogens is 2. The van der Waals surface area contributed by atoms with Gasteiger partial charge in [0.25, 0.3) is 0 Å². The Kier molecular flexibility index (Phi) is 1.63. The molecule has 4 nitrogen and oxygen atoms in total. The number of nitrogens with zero attached hydrogens (tertiary/aromatic N) is 2. The highest BCUT2D eigenvalue weighted by molar-refractivity contribution is 5.05. The third-order valence-corrected chi connectivity index (χ3v) is 1.91. The summed E-state index contributed by atoms with van der Waals surface area (Å²) in [5.41, 5.74) is 6.63. The van der Waals surface area contributed by atoms with E-state index in [1.54, 1.807) is 0 Å². The Bertz CT molecular complexity index is 243. The second-order valence-electron chi connectivity index (χ2n) is 2.57. The van der Waals surface area contributed by atoms with Crippen LogP contribution in [-0.2, 0) is 24.4 Å². The van der Waals surface area contributed by atoms with Crippen molar-refractivity contribution in [1.82, 2.24) is 9.55 Å². The van der Waals surface area contributed by atoms with Gasteiger partial charge in [-0.05, 0) is 0 Å². The normalized spacial score (nSPS) is 16.5. The molecule has 0 unspecified atom stereocenters. The third-order valence-electron chi connectivity index (χ3n) is 1.91. The molecule has 2 N–H and O–H groups in total. The lowest BCUT2D eigenvalue weighted by Crippen LogP contribution is -2.19. The number of fused-ring (bicyclic) bond motifs is 1. The van der Waals surface area contributed by atoms with Gasteiger partial charge in [-0.2, -0.15) is 0 Å². The minimum absolute atomic E-state index is 0.514. The molecule has 11 heavy (non-hydrogen) atoms. The van der Waals surface area contributed by atoms with Crippen LogP contribution in [0.2, 0.25) is 0 Å². The van der Waals surface area contributed by atoms with E-state index in [1.807, 2.05) is 6.20 Å². The molecule has 0 aliphatic carbocycles. The molecule has 0 saturated carbocycles. The van der Waals surface area contributed by atoms with E-state index >= 15 is 0 Å². The van der Waals surface area contributed by atoms with Crippen molar-refractivity contribution in [2.45, 2.75) is 19.7 Å². The summed E-state index contributed by atoms with van der Waals surface area (Å²) in [5.74, 6) is 0.961. The van der Waals surface area contributed by atoms with Gasteiger partial charge >= 0.3 is 0 Å². The molecule has 0 atom stereocenters. The fourth-order valence-corrected chi connectivity index (χ4v) is 1.34. The van der Waals surface area contributed by atoms with Gasteiger partial charge in [-0.1, -0.05) is 0 Å². The lowest BCUT2D eigenvalue weighted by atomic mass is 10.4. The van der Waals surface area contributed by atoms with Crippen molar-refractivity contribution < 1.29 is 4.74 Å². The lowest BCUT2D eigenvalue weighted by Gasteiger charge is -2.16. The van der Waals surface area contributed by atoms with Crippen molar-refractivity contribution in [2.24, 2.45) is 5.73 Å². The molecule has 0 radical (unpaired) electrons. The van der Waals surface area contributed by atoms with Crippen molar-refractivity contribution in [3.63, 3.8) is 0 Å². The first-order valence-corrected chi connectivity index (χ1v) is 3.73. The Balaban J connectivity index is 2.38. The van der Waals surface area contributed by atoms with Crippen LogP contribution in [0.3, 0.4) is 0 Å². The maximum Gasteiger partial charge on any atom is 0.122 e. The summed E-state index contributed by atoms with van der Waals surface area (Å²) in [6.45, 7) is 2.85. The first kappa shape index (κ1) is 6.82. The van der Waals surface area contributed by atoms with E-state index in [4.69, 9.17) is 10.5 Å². The van der Waals surface area contributed by atoms with Crippen LogP contribution in [0.1, 0.15) is 11.5 Å². The van der Waals surface area contributed by atoms with Gasteiger partial charge in [-0.3, -0.25) is 0 Å². The lowest BCUT2D eigenvalue weighted by molar-refractivity contribution is 0.0840. The predicted octanol–water partition coefficient (Wildman–Crippen LogP) is -0.128. The molecule has 0 saturated heterocycles. The van der Waals surface area contributed by atoms with Gasteiger partial charge in [-0.15, -0.1) is 0 Å². The van der Waals surface area contributed by atoms with Gasteiger partial charge in [0.1, 0.15) is 5.82 Å². The van der Waals surface area contributed by atoms with Crippen LogP contribution in [0.15, 0.2) is 6.20 Å². The van der Waals surface area contributed by atoms with E-state index in [0.29, 0.717) is 13.2 Å². The zero-order valence-corrected chi connectivity index (χ0v) is 6.29. The van der Waals surface area contributed by atoms with E-state index in [1.165, 1.54) is 0 Å². The smallest absolute Gasteiger partial charge is 0.122 e. The first-order valence-electron chi connectivity index (χ1n) is 3.73. The molecular weight excluding hydrogens is 142 g/mol. The summed E-state index contributed by atoms with van der Waals surface area (Å²) >= 11 is 0. The van der Waals surface area contributed by atoms with Gasteiger partial charge in [0.15, 0.2) is 0 Å². The summed E-state index contributed by atoms with van der Waals surface area (Å²) in [6.07, 6.45) is 1.83. The van der Waals surface area contributed by atoms with Crippen molar-refractivity contribution in [2.75, 3.05) is 6.61 Å². The quantitative estimate of drug-likeness (QED) is 0.611. The van der Waals surface area contributed by atoms with E-state index in [9.17, 15) is 0 Å². The molecule has 4 heteroatoms. The molecule has 60 valence electrons. The Morgan fingerprint density at radius 3 is 3.45 bits per heavy atom. The third kappa shape index (κ3) is 1.04. The van der Waals surface area contributed by atoms with E-state index in [-0.39, 0.29) is 0 Å². The molecule has 0 amide bonds. The fraction of sp³-hybridized carbons (Fsp3) is 0.571. The molecule has 0 spiro atoms. The standard InChI is InChI=1S/C7H11N3O/c8-3-7-9-4-6-5-11-2-1-10(6)7/h4H,1-3,5,8H2. The van der Waals surface area contributed by atoms with E-state index in [0.717, 1.165) is 24.7 Å². The Morgan fingerprint density at radius 2 is 2.64 bits per heavy atom. The van der Waals surface area contributed by atoms with Crippen LogP contribution >= 0.6 is 0 Å². The number of hydrogen-bond acceptors (Lipinski definition) is 3. The molecular formula is C7H11N3O. The first-order chi connectivity index (χ1) is 5.42. The molecule has 0 aromatic carbocycles. The molecule has 1 aliphatic heterocycles. The number of hydrogen-bond donors (Lipinski definition) is 1. The van der Waals surface area contributed by atoms with Crippen molar-refractivity contribution in [1.29, 1.82) is 0 Å². The highest BCUT2D eigenvalue weighted by atomic mass is 16.5. The fourth-order valence-electron chi connectivity index (χ4n) is 1.34. The van der Waals surface area contributed by atoms with Gasteiger partial charge in [0.2, 0.25) is 0 Å². The van der Waals surface area contributed by atoms with Crippen LogP contribution < -0.4 is 5.73 Å². The molecule has 0 bridgehead atoms. The van der Waals surface area contributed by atoms with Crippen LogP contribution in [0.5, 0.6) is 0 Å². The number of nitrogens with two attached hydrogens (primary N) is 1. The van der Waals surface area contributed by atoms with Crippen LogP contribution in [-0.4, -0.2) is 16.2 Å². The second kappa shape index (κ2) is 2.64. The molecule has 1 aromatic heterocycles. The minimum Gasteiger partial charge on any atom is -0.373 e. The number of rotatable bonds is 1. The van der Waals surface area contributed by atoms with Crippen molar-refractivity contribution in [3.05, 3.63) is 17.7 Å². The minimum atomic E-state index is 0.514. The zero-order valence-electron chi connectivity index (χ0n) is 6.29. The Labute approximate surface area is 65.0 Å². The molecule has 2 heterocycles. The number of imidazole rings is 1. The summed E-state index contributed by atoms with van der Waals surface area (Å²) in [6, 6.07) is 0. The van der Waals surface area contributed by atoms with Gasteiger partial charge in [-0.25, -0.2) is 4.98 Å². The molecule has 0 fully saturated rings. The van der Waals surface area contributed by atoms with Crippen molar-refractivity contribution in [3.8, 4) is 0 Å². The average Bonchev–Trinajstić information content (AvgIpc) is 2.47. The summed E-state index contributed by atoms with van der Waals surface area (Å²) in [4.78, 5) is 4.17. The van der Waals surface area contributed by atoms with Gasteiger partial charge in [0, 0.05) is 6.54 Å². The summed E-state index contributed by atoms with van der Waals surface area (Å²) < 4.78 is 7.38. The van der Waals surface area contributed by atoms with Crippen LogP contribution in [0.25, 0.3) is 0 Å². The second-order valence-corrected chi connectivity index (χ2v) is 2.57. The van der Waals surface area contributed by atoms with Gasteiger partial charge in [0.05, 0.1) is 31.6 Å². The van der Waals surface area contributed by atoms with Crippen molar-refractivity contribution >= 4 is 0 Å². The number of ether oxygens (including phenoxy) is 1. The summed E-state index contributed by atoms with van der Waals surface area (Å²) in [7, 11) is 0. The largest absolute Gasteiger partial charge is 0.373 e.